The van der Waals surface area contributed by atoms with Crippen LogP contribution < -0.4 is 10.2 Å². The second-order valence-electron chi connectivity index (χ2n) is 7.87. The Morgan fingerprint density at radius 3 is 2.39 bits per heavy atom. The van der Waals surface area contributed by atoms with Crippen LogP contribution in [-0.2, 0) is 6.54 Å². The third-order valence-electron chi connectivity index (χ3n) is 5.83. The zero-order valence-electron chi connectivity index (χ0n) is 16.2. The summed E-state index contributed by atoms with van der Waals surface area (Å²) in [5.41, 5.74) is 2.34. The Morgan fingerprint density at radius 2 is 1.71 bits per heavy atom. The summed E-state index contributed by atoms with van der Waals surface area (Å²) < 4.78 is 14.5. The molecule has 1 amide bonds. The van der Waals surface area contributed by atoms with Crippen LogP contribution in [0.3, 0.4) is 0 Å². The Balaban J connectivity index is 1.29. The number of hydrogen-bond donors (Lipinski definition) is 1. The van der Waals surface area contributed by atoms with E-state index in [-0.39, 0.29) is 17.8 Å². The van der Waals surface area contributed by atoms with E-state index in [0.717, 1.165) is 58.4 Å². The number of nitrogens with one attached hydrogen (secondary N) is 1. The highest BCUT2D eigenvalue weighted by molar-refractivity contribution is 5.94. The molecule has 0 atom stereocenters. The molecular weight excluding hydrogens is 353 g/mol. The molecule has 28 heavy (non-hydrogen) atoms. The van der Waals surface area contributed by atoms with Crippen molar-refractivity contribution in [2.24, 2.45) is 0 Å². The zero-order valence-corrected chi connectivity index (χ0v) is 16.2. The molecule has 5 heteroatoms. The Morgan fingerprint density at radius 1 is 1.00 bits per heavy atom. The van der Waals surface area contributed by atoms with Gasteiger partial charge in [0.15, 0.2) is 0 Å². The molecule has 0 aromatic heterocycles. The van der Waals surface area contributed by atoms with Gasteiger partial charge >= 0.3 is 0 Å². The van der Waals surface area contributed by atoms with Gasteiger partial charge in [0, 0.05) is 44.3 Å². The molecule has 1 N–H and O–H groups in total. The number of carbonyl (C=O) groups excluding carboxylic acids is 1. The lowest BCUT2D eigenvalue weighted by atomic mass is 10.0. The van der Waals surface area contributed by atoms with Crippen LogP contribution in [0.15, 0.2) is 48.5 Å². The monoisotopic (exact) mass is 381 g/mol. The van der Waals surface area contributed by atoms with Crippen molar-refractivity contribution < 1.29 is 9.18 Å². The standard InChI is InChI=1S/C23H28FN3O/c24-21-16-19(8-9-22(21)27-12-4-5-13-27)23(28)25-20-10-14-26(15-11-20)17-18-6-2-1-3-7-18/h1-3,6-9,16,20H,4-5,10-15,17H2,(H,25,28). The fourth-order valence-corrected chi connectivity index (χ4v) is 4.21. The molecule has 2 aliphatic heterocycles. The lowest BCUT2D eigenvalue weighted by molar-refractivity contribution is 0.0908. The number of likely N-dealkylation sites (tertiary alicyclic amines) is 1. The molecule has 2 heterocycles. The number of rotatable bonds is 5. The van der Waals surface area contributed by atoms with Crippen LogP contribution in [0, 0.1) is 5.82 Å². The minimum absolute atomic E-state index is 0.154. The molecule has 4 rings (SSSR count). The summed E-state index contributed by atoms with van der Waals surface area (Å²) in [4.78, 5) is 17.0. The summed E-state index contributed by atoms with van der Waals surface area (Å²) in [6, 6.07) is 15.5. The predicted octanol–water partition coefficient (Wildman–Crippen LogP) is 3.82. The van der Waals surface area contributed by atoms with Crippen molar-refractivity contribution in [2.45, 2.75) is 38.3 Å². The summed E-state index contributed by atoms with van der Waals surface area (Å²) in [7, 11) is 0. The van der Waals surface area contributed by atoms with Gasteiger partial charge in [-0.25, -0.2) is 4.39 Å². The molecule has 2 aliphatic rings. The first-order valence-electron chi connectivity index (χ1n) is 10.3. The molecule has 0 aliphatic carbocycles. The predicted molar refractivity (Wildman–Crippen MR) is 110 cm³/mol. The van der Waals surface area contributed by atoms with Crippen LogP contribution in [0.1, 0.15) is 41.6 Å². The zero-order chi connectivity index (χ0) is 19.3. The number of piperidine rings is 1. The lowest BCUT2D eigenvalue weighted by Gasteiger charge is -2.32. The minimum atomic E-state index is -0.299. The van der Waals surface area contributed by atoms with E-state index in [1.54, 1.807) is 12.1 Å². The Bertz CT molecular complexity index is 797. The van der Waals surface area contributed by atoms with E-state index in [2.05, 4.69) is 39.4 Å². The van der Waals surface area contributed by atoms with E-state index in [1.165, 1.54) is 11.6 Å². The van der Waals surface area contributed by atoms with Gasteiger partial charge in [-0.05, 0) is 49.4 Å². The minimum Gasteiger partial charge on any atom is -0.369 e. The van der Waals surface area contributed by atoms with E-state index in [1.807, 2.05) is 6.07 Å². The first-order chi connectivity index (χ1) is 13.7. The lowest BCUT2D eigenvalue weighted by Crippen LogP contribution is -2.44. The number of benzene rings is 2. The van der Waals surface area contributed by atoms with Gasteiger partial charge in [-0.3, -0.25) is 9.69 Å². The van der Waals surface area contributed by atoms with Gasteiger partial charge in [0.25, 0.3) is 5.91 Å². The Kier molecular flexibility index (Phi) is 5.91. The van der Waals surface area contributed by atoms with Crippen molar-refractivity contribution >= 4 is 11.6 Å². The van der Waals surface area contributed by atoms with Crippen LogP contribution in [-0.4, -0.2) is 43.0 Å². The summed E-state index contributed by atoms with van der Waals surface area (Å²) in [6.07, 6.45) is 4.05. The molecule has 0 saturated carbocycles. The molecule has 2 fully saturated rings. The van der Waals surface area contributed by atoms with E-state index in [0.29, 0.717) is 11.3 Å². The highest BCUT2D eigenvalue weighted by atomic mass is 19.1. The second kappa shape index (κ2) is 8.74. The van der Waals surface area contributed by atoms with Crippen molar-refractivity contribution in [1.82, 2.24) is 10.2 Å². The highest BCUT2D eigenvalue weighted by Crippen LogP contribution is 2.24. The topological polar surface area (TPSA) is 35.6 Å². The normalized spacial score (nSPS) is 18.4. The molecule has 0 spiro atoms. The molecular formula is C23H28FN3O. The maximum atomic E-state index is 14.5. The average Bonchev–Trinajstić information content (AvgIpc) is 3.25. The Hall–Kier alpha value is -2.40. The molecule has 2 aromatic rings. The first kappa shape index (κ1) is 18.9. The molecule has 2 saturated heterocycles. The van der Waals surface area contributed by atoms with Crippen LogP contribution in [0.2, 0.25) is 0 Å². The molecule has 0 radical (unpaired) electrons. The van der Waals surface area contributed by atoms with E-state index in [4.69, 9.17) is 0 Å². The summed E-state index contributed by atoms with van der Waals surface area (Å²) in [5, 5.41) is 3.09. The van der Waals surface area contributed by atoms with Gasteiger partial charge in [-0.2, -0.15) is 0 Å². The number of anilines is 1. The summed E-state index contributed by atoms with van der Waals surface area (Å²) >= 11 is 0. The van der Waals surface area contributed by atoms with Crippen LogP contribution in [0.25, 0.3) is 0 Å². The summed E-state index contributed by atoms with van der Waals surface area (Å²) in [6.45, 7) is 4.66. The second-order valence-corrected chi connectivity index (χ2v) is 7.87. The number of carbonyl (C=O) groups is 1. The molecule has 0 bridgehead atoms. The SMILES string of the molecule is O=C(NC1CCN(Cc2ccccc2)CC1)c1ccc(N2CCCC2)c(F)c1. The van der Waals surface area contributed by atoms with Crippen LogP contribution in [0.5, 0.6) is 0 Å². The maximum absolute atomic E-state index is 14.5. The largest absolute Gasteiger partial charge is 0.369 e. The third kappa shape index (κ3) is 4.53. The third-order valence-corrected chi connectivity index (χ3v) is 5.83. The molecule has 2 aromatic carbocycles. The van der Waals surface area contributed by atoms with Crippen LogP contribution >= 0.6 is 0 Å². The molecule has 148 valence electrons. The smallest absolute Gasteiger partial charge is 0.251 e. The molecule has 4 nitrogen and oxygen atoms in total. The average molecular weight is 381 g/mol. The van der Waals surface area contributed by atoms with Crippen molar-refractivity contribution in [3.63, 3.8) is 0 Å². The number of halogens is 1. The van der Waals surface area contributed by atoms with Gasteiger partial charge in [0.2, 0.25) is 0 Å². The van der Waals surface area contributed by atoms with Crippen molar-refractivity contribution in [3.8, 4) is 0 Å². The maximum Gasteiger partial charge on any atom is 0.251 e. The van der Waals surface area contributed by atoms with Gasteiger partial charge in [0.1, 0.15) is 5.82 Å². The van der Waals surface area contributed by atoms with Crippen molar-refractivity contribution in [2.75, 3.05) is 31.1 Å². The van der Waals surface area contributed by atoms with E-state index < -0.39 is 0 Å². The van der Waals surface area contributed by atoms with Crippen molar-refractivity contribution in [1.29, 1.82) is 0 Å². The highest BCUT2D eigenvalue weighted by Gasteiger charge is 2.22. The van der Waals surface area contributed by atoms with Gasteiger partial charge < -0.3 is 10.2 Å². The number of amides is 1. The van der Waals surface area contributed by atoms with Crippen LogP contribution in [0.4, 0.5) is 10.1 Å². The van der Waals surface area contributed by atoms with E-state index in [9.17, 15) is 9.18 Å². The number of nitrogens with zero attached hydrogens (tertiary/aromatic N) is 2. The molecule has 0 unspecified atom stereocenters. The van der Waals surface area contributed by atoms with Gasteiger partial charge in [-0.15, -0.1) is 0 Å². The van der Waals surface area contributed by atoms with Crippen molar-refractivity contribution in [3.05, 3.63) is 65.5 Å². The summed E-state index contributed by atoms with van der Waals surface area (Å²) in [5.74, 6) is -0.472. The fraction of sp³-hybridized carbons (Fsp3) is 0.435. The van der Waals surface area contributed by atoms with Gasteiger partial charge in [0.05, 0.1) is 5.69 Å². The first-order valence-corrected chi connectivity index (χ1v) is 10.3. The quantitative estimate of drug-likeness (QED) is 0.855. The Labute approximate surface area is 166 Å². The van der Waals surface area contributed by atoms with E-state index >= 15 is 0 Å². The fourth-order valence-electron chi connectivity index (χ4n) is 4.21. The number of hydrogen-bond acceptors (Lipinski definition) is 3. The van der Waals surface area contributed by atoms with Gasteiger partial charge in [-0.1, -0.05) is 30.3 Å².